The van der Waals surface area contributed by atoms with Gasteiger partial charge in [-0.15, -0.1) is 11.3 Å². The van der Waals surface area contributed by atoms with Gasteiger partial charge in [-0.3, -0.25) is 10.2 Å². The maximum atomic E-state index is 11.1. The van der Waals surface area contributed by atoms with E-state index < -0.39 is 0 Å². The number of nitrogen functional groups attached to an aromatic ring is 1. The van der Waals surface area contributed by atoms with Gasteiger partial charge in [-0.2, -0.15) is 0 Å². The van der Waals surface area contributed by atoms with Crippen LogP contribution in [0.3, 0.4) is 0 Å². The van der Waals surface area contributed by atoms with Gasteiger partial charge < -0.3 is 4.98 Å². The molecule has 0 radical (unpaired) electrons. The topological polar surface area (TPSA) is 70.9 Å². The highest BCUT2D eigenvalue weighted by Gasteiger charge is 2.08. The fraction of sp³-hybridized carbons (Fsp3) is 0.125. The van der Waals surface area contributed by atoms with Crippen molar-refractivity contribution in [2.45, 2.75) is 6.92 Å². The predicted octanol–water partition coefficient (Wildman–Crippen LogP) is 1.14. The number of hydrogen-bond donors (Lipinski definition) is 3. The van der Waals surface area contributed by atoms with Crippen LogP contribution in [0.4, 0.5) is 0 Å². The van der Waals surface area contributed by atoms with Crippen LogP contribution in [0.25, 0.3) is 10.2 Å². The van der Waals surface area contributed by atoms with Crippen LogP contribution < -0.4 is 11.3 Å². The summed E-state index contributed by atoms with van der Waals surface area (Å²) in [4.78, 5) is 16.3. The molecule has 4 N–H and O–H groups in total. The zero-order valence-electron chi connectivity index (χ0n) is 7.05. The molecule has 0 unspecified atom stereocenters. The third-order valence-electron chi connectivity index (χ3n) is 1.81. The van der Waals surface area contributed by atoms with Crippen LogP contribution in [0, 0.1) is 6.92 Å². The standard InChI is InChI=1S/C8H9N3OS/c1-4-2-5-3-6(7(12)11-9)10-8(5)13-4/h2-3,10H,9H2,1H3,(H,11,12). The van der Waals surface area contributed by atoms with Crippen LogP contribution in [0.15, 0.2) is 12.1 Å². The summed E-state index contributed by atoms with van der Waals surface area (Å²) < 4.78 is 0. The van der Waals surface area contributed by atoms with Crippen molar-refractivity contribution in [3.8, 4) is 0 Å². The maximum Gasteiger partial charge on any atom is 0.281 e. The zero-order valence-corrected chi connectivity index (χ0v) is 7.87. The average molecular weight is 195 g/mol. The molecule has 2 rings (SSSR count). The minimum atomic E-state index is -0.291. The molecule has 0 aliphatic carbocycles. The Balaban J connectivity index is 2.51. The molecular weight excluding hydrogens is 186 g/mol. The lowest BCUT2D eigenvalue weighted by atomic mass is 10.3. The van der Waals surface area contributed by atoms with Gasteiger partial charge in [-0.25, -0.2) is 5.84 Å². The molecule has 2 aromatic rings. The van der Waals surface area contributed by atoms with Crippen molar-refractivity contribution in [1.82, 2.24) is 10.4 Å². The summed E-state index contributed by atoms with van der Waals surface area (Å²) in [7, 11) is 0. The average Bonchev–Trinajstić information content (AvgIpc) is 2.59. The molecule has 0 atom stereocenters. The molecule has 2 aromatic heterocycles. The molecule has 0 aliphatic rings. The van der Waals surface area contributed by atoms with Gasteiger partial charge in [0.1, 0.15) is 10.5 Å². The number of aromatic nitrogens is 1. The summed E-state index contributed by atoms with van der Waals surface area (Å²) in [5.41, 5.74) is 2.58. The van der Waals surface area contributed by atoms with Crippen molar-refractivity contribution in [3.63, 3.8) is 0 Å². The molecule has 5 heteroatoms. The quantitative estimate of drug-likeness (QED) is 0.363. The number of aryl methyl sites for hydroxylation is 1. The number of fused-ring (bicyclic) bond motifs is 1. The first kappa shape index (κ1) is 8.28. The van der Waals surface area contributed by atoms with Gasteiger partial charge in [0.05, 0.1) is 0 Å². The van der Waals surface area contributed by atoms with Crippen LogP contribution in [0.1, 0.15) is 15.4 Å². The van der Waals surface area contributed by atoms with Gasteiger partial charge in [0.15, 0.2) is 0 Å². The highest BCUT2D eigenvalue weighted by molar-refractivity contribution is 7.18. The van der Waals surface area contributed by atoms with Crippen LogP contribution in [-0.4, -0.2) is 10.9 Å². The van der Waals surface area contributed by atoms with Gasteiger partial charge in [-0.1, -0.05) is 0 Å². The molecule has 0 bridgehead atoms. The van der Waals surface area contributed by atoms with Gasteiger partial charge in [0.25, 0.3) is 5.91 Å². The monoisotopic (exact) mass is 195 g/mol. The molecule has 4 nitrogen and oxygen atoms in total. The Kier molecular flexibility index (Phi) is 1.82. The van der Waals surface area contributed by atoms with Gasteiger partial charge in [-0.05, 0) is 19.1 Å². The summed E-state index contributed by atoms with van der Waals surface area (Å²) in [5, 5.41) is 1.06. The Labute approximate surface area is 78.7 Å². The van der Waals surface area contributed by atoms with E-state index in [4.69, 9.17) is 5.84 Å². The van der Waals surface area contributed by atoms with E-state index in [1.165, 1.54) is 4.88 Å². The third kappa shape index (κ3) is 1.32. The fourth-order valence-electron chi connectivity index (χ4n) is 1.25. The SMILES string of the molecule is Cc1cc2cc(C(=O)NN)[nH]c2s1. The number of carbonyl (C=O) groups is 1. The molecule has 0 spiro atoms. The number of nitrogens with one attached hydrogen (secondary N) is 2. The number of carbonyl (C=O) groups excluding carboxylic acids is 1. The second kappa shape index (κ2) is 2.86. The fourth-order valence-corrected chi connectivity index (χ4v) is 2.16. The van der Waals surface area contributed by atoms with Crippen LogP contribution >= 0.6 is 11.3 Å². The van der Waals surface area contributed by atoms with Crippen molar-refractivity contribution in [3.05, 3.63) is 22.7 Å². The van der Waals surface area contributed by atoms with Crippen LogP contribution in [-0.2, 0) is 0 Å². The van der Waals surface area contributed by atoms with E-state index >= 15 is 0 Å². The minimum Gasteiger partial charge on any atom is -0.342 e. The van der Waals surface area contributed by atoms with Gasteiger partial charge >= 0.3 is 0 Å². The molecule has 0 fully saturated rings. The number of hydrazine groups is 1. The number of aromatic amines is 1. The van der Waals surface area contributed by atoms with Gasteiger partial charge in [0, 0.05) is 10.3 Å². The van der Waals surface area contributed by atoms with Crippen molar-refractivity contribution in [2.24, 2.45) is 5.84 Å². The van der Waals surface area contributed by atoms with Crippen LogP contribution in [0.5, 0.6) is 0 Å². The Morgan fingerprint density at radius 3 is 3.00 bits per heavy atom. The summed E-state index contributed by atoms with van der Waals surface area (Å²) in [6.07, 6.45) is 0. The Morgan fingerprint density at radius 1 is 1.62 bits per heavy atom. The van der Waals surface area contributed by atoms with Crippen molar-refractivity contribution >= 4 is 27.5 Å². The molecule has 0 aromatic carbocycles. The molecule has 1 amide bonds. The number of thiophene rings is 1. The van der Waals surface area contributed by atoms with Crippen molar-refractivity contribution < 1.29 is 4.79 Å². The second-order valence-corrected chi connectivity index (χ2v) is 4.05. The van der Waals surface area contributed by atoms with E-state index in [0.717, 1.165) is 10.2 Å². The number of amides is 1. The normalized spacial score (nSPS) is 10.6. The molecule has 0 saturated heterocycles. The number of hydrogen-bond acceptors (Lipinski definition) is 3. The highest BCUT2D eigenvalue weighted by Crippen LogP contribution is 2.24. The number of rotatable bonds is 1. The first-order valence-electron chi connectivity index (χ1n) is 3.81. The summed E-state index contributed by atoms with van der Waals surface area (Å²) in [6.45, 7) is 2.03. The van der Waals surface area contributed by atoms with Gasteiger partial charge in [0.2, 0.25) is 0 Å². The third-order valence-corrected chi connectivity index (χ3v) is 2.79. The number of nitrogens with two attached hydrogens (primary N) is 1. The second-order valence-electron chi connectivity index (χ2n) is 2.80. The van der Waals surface area contributed by atoms with Crippen molar-refractivity contribution in [2.75, 3.05) is 0 Å². The van der Waals surface area contributed by atoms with E-state index in [9.17, 15) is 4.79 Å². The Bertz CT molecular complexity index is 425. The summed E-state index contributed by atoms with van der Waals surface area (Å²) in [5.74, 6) is 4.72. The molecular formula is C8H9N3OS. The van der Waals surface area contributed by atoms with Crippen molar-refractivity contribution in [1.29, 1.82) is 0 Å². The summed E-state index contributed by atoms with van der Waals surface area (Å²) >= 11 is 1.62. The van der Waals surface area contributed by atoms with E-state index in [-0.39, 0.29) is 5.91 Å². The molecule has 13 heavy (non-hydrogen) atoms. The number of H-pyrrole nitrogens is 1. The first-order valence-corrected chi connectivity index (χ1v) is 4.62. The molecule has 0 saturated carbocycles. The lowest BCUT2D eigenvalue weighted by Gasteiger charge is -1.92. The lowest BCUT2D eigenvalue weighted by molar-refractivity contribution is 0.0949. The predicted molar refractivity (Wildman–Crippen MR) is 52.6 cm³/mol. The van der Waals surface area contributed by atoms with E-state index in [0.29, 0.717) is 5.69 Å². The zero-order chi connectivity index (χ0) is 9.42. The lowest BCUT2D eigenvalue weighted by Crippen LogP contribution is -2.30. The largest absolute Gasteiger partial charge is 0.342 e. The molecule has 68 valence electrons. The summed E-state index contributed by atoms with van der Waals surface area (Å²) in [6, 6.07) is 3.82. The smallest absolute Gasteiger partial charge is 0.281 e. The Morgan fingerprint density at radius 2 is 2.38 bits per heavy atom. The van der Waals surface area contributed by atoms with E-state index in [1.54, 1.807) is 17.4 Å². The van der Waals surface area contributed by atoms with E-state index in [2.05, 4.69) is 10.4 Å². The Hall–Kier alpha value is -1.33. The molecule has 0 aliphatic heterocycles. The minimum absolute atomic E-state index is 0.291. The van der Waals surface area contributed by atoms with E-state index in [1.807, 2.05) is 13.0 Å². The maximum absolute atomic E-state index is 11.1. The molecule has 2 heterocycles. The highest BCUT2D eigenvalue weighted by atomic mass is 32.1. The first-order chi connectivity index (χ1) is 6.20. The van der Waals surface area contributed by atoms with Crippen LogP contribution in [0.2, 0.25) is 0 Å².